The van der Waals surface area contributed by atoms with Crippen LogP contribution in [0.2, 0.25) is 0 Å². The van der Waals surface area contributed by atoms with E-state index in [1.807, 2.05) is 0 Å². The molecule has 0 aliphatic heterocycles. The Hall–Kier alpha value is -1.05. The molecule has 1 aromatic heterocycles. The summed E-state index contributed by atoms with van der Waals surface area (Å²) < 4.78 is 40.6. The fraction of sp³-hybridized carbons (Fsp3) is 0.0833. The highest BCUT2D eigenvalue weighted by Gasteiger charge is 2.21. The van der Waals surface area contributed by atoms with E-state index < -0.39 is 28.5 Å². The van der Waals surface area contributed by atoms with Crippen LogP contribution >= 0.6 is 38.9 Å². The molecular weight excluding hydrogens is 379 g/mol. The van der Waals surface area contributed by atoms with E-state index in [0.717, 1.165) is 8.69 Å². The molecule has 2 nitrogen and oxygen atoms in total. The summed E-state index contributed by atoms with van der Waals surface area (Å²) >= 11 is 9.96. The van der Waals surface area contributed by atoms with Crippen molar-refractivity contribution in [2.75, 3.05) is 4.90 Å². The average molecular weight is 385 g/mol. The van der Waals surface area contributed by atoms with Gasteiger partial charge in [0, 0.05) is 17.0 Å². The van der Waals surface area contributed by atoms with Crippen molar-refractivity contribution in [3.05, 3.63) is 50.4 Å². The second-order valence-electron chi connectivity index (χ2n) is 3.76. The predicted molar refractivity (Wildman–Crippen MR) is 75.8 cm³/mol. The number of amides is 1. The molecule has 0 radical (unpaired) electrons. The van der Waals surface area contributed by atoms with Gasteiger partial charge in [-0.1, -0.05) is 0 Å². The van der Waals surface area contributed by atoms with Gasteiger partial charge in [0.05, 0.1) is 16.0 Å². The number of benzene rings is 1. The van der Waals surface area contributed by atoms with Crippen molar-refractivity contribution < 1.29 is 18.0 Å². The molecule has 0 N–H and O–H groups in total. The summed E-state index contributed by atoms with van der Waals surface area (Å²) in [5.41, 5.74) is -0.409. The summed E-state index contributed by atoms with van der Waals surface area (Å²) in [4.78, 5) is 12.9. The zero-order chi connectivity index (χ0) is 14.9. The zero-order valence-corrected chi connectivity index (χ0v) is 12.8. The van der Waals surface area contributed by atoms with Crippen molar-refractivity contribution in [1.82, 2.24) is 0 Å². The third-order valence-corrected chi connectivity index (χ3v) is 4.25. The minimum atomic E-state index is -1.33. The highest BCUT2D eigenvalue weighted by Crippen LogP contribution is 2.29. The summed E-state index contributed by atoms with van der Waals surface area (Å²) in [6.07, 6.45) is 0. The third kappa shape index (κ3) is 3.34. The van der Waals surface area contributed by atoms with Crippen LogP contribution in [0.25, 0.3) is 0 Å². The topological polar surface area (TPSA) is 20.3 Å². The van der Waals surface area contributed by atoms with E-state index in [9.17, 15) is 18.0 Å². The molecule has 0 aliphatic carbocycles. The Kier molecular flexibility index (Phi) is 4.72. The Bertz CT molecular complexity index is 664. The quantitative estimate of drug-likeness (QED) is 0.400. The maximum Gasteiger partial charge on any atom is 0.321 e. The summed E-state index contributed by atoms with van der Waals surface area (Å²) in [6, 6.07) is 4.44. The monoisotopic (exact) mass is 383 g/mol. The number of hydrogen-bond donors (Lipinski definition) is 0. The Morgan fingerprint density at radius 2 is 1.85 bits per heavy atom. The first-order valence-corrected chi connectivity index (χ1v) is 7.23. The molecule has 0 aliphatic rings. The van der Waals surface area contributed by atoms with Crippen LogP contribution in [0.1, 0.15) is 4.88 Å². The number of halogens is 5. The molecule has 106 valence electrons. The van der Waals surface area contributed by atoms with Crippen molar-refractivity contribution in [3.63, 3.8) is 0 Å². The van der Waals surface area contributed by atoms with E-state index in [4.69, 9.17) is 11.6 Å². The maximum atomic E-state index is 13.7. The number of anilines is 1. The van der Waals surface area contributed by atoms with Crippen LogP contribution in [-0.4, -0.2) is 5.37 Å². The van der Waals surface area contributed by atoms with Gasteiger partial charge in [0.15, 0.2) is 11.6 Å². The van der Waals surface area contributed by atoms with E-state index >= 15 is 0 Å². The lowest BCUT2D eigenvalue weighted by molar-refractivity contribution is 0.263. The summed E-state index contributed by atoms with van der Waals surface area (Å²) in [7, 11) is 0. The number of carbonyl (C=O) groups excluding carboxylic acids is 1. The number of rotatable bonds is 3. The van der Waals surface area contributed by atoms with Crippen LogP contribution in [0.5, 0.6) is 0 Å². The molecule has 0 bridgehead atoms. The Morgan fingerprint density at radius 1 is 1.20 bits per heavy atom. The molecule has 0 saturated carbocycles. The van der Waals surface area contributed by atoms with Crippen LogP contribution < -0.4 is 4.90 Å². The maximum absolute atomic E-state index is 13.7. The molecule has 1 amide bonds. The molecule has 2 aromatic rings. The predicted octanol–water partition coefficient (Wildman–Crippen LogP) is 5.29. The largest absolute Gasteiger partial charge is 0.321 e. The molecule has 0 fully saturated rings. The molecule has 1 aromatic carbocycles. The van der Waals surface area contributed by atoms with Crippen LogP contribution in [0.4, 0.5) is 23.7 Å². The molecule has 0 spiro atoms. The molecule has 1 heterocycles. The van der Waals surface area contributed by atoms with Gasteiger partial charge < -0.3 is 0 Å². The van der Waals surface area contributed by atoms with Gasteiger partial charge in [0.25, 0.3) is 0 Å². The first-order chi connectivity index (χ1) is 9.38. The molecule has 0 saturated heterocycles. The number of nitrogens with zero attached hydrogens (tertiary/aromatic N) is 1. The normalized spacial score (nSPS) is 10.7. The molecule has 0 unspecified atom stereocenters. The van der Waals surface area contributed by atoms with E-state index in [1.165, 1.54) is 11.3 Å². The van der Waals surface area contributed by atoms with Gasteiger partial charge in [-0.2, -0.15) is 0 Å². The lowest BCUT2D eigenvalue weighted by Gasteiger charge is -2.19. The minimum Gasteiger partial charge on any atom is -0.291 e. The fourth-order valence-corrected chi connectivity index (χ4v) is 3.18. The van der Waals surface area contributed by atoms with Crippen molar-refractivity contribution in [1.29, 1.82) is 0 Å². The summed E-state index contributed by atoms with van der Waals surface area (Å²) in [5, 5.41) is -0.987. The van der Waals surface area contributed by atoms with E-state index in [1.54, 1.807) is 12.1 Å². The highest BCUT2D eigenvalue weighted by atomic mass is 79.9. The Balaban J connectivity index is 2.38. The van der Waals surface area contributed by atoms with Crippen molar-refractivity contribution in [2.45, 2.75) is 6.54 Å². The van der Waals surface area contributed by atoms with E-state index in [0.29, 0.717) is 17.0 Å². The van der Waals surface area contributed by atoms with Gasteiger partial charge in [-0.05, 0) is 39.7 Å². The van der Waals surface area contributed by atoms with Gasteiger partial charge in [0.2, 0.25) is 0 Å². The molecule has 20 heavy (non-hydrogen) atoms. The third-order valence-electron chi connectivity index (χ3n) is 2.44. The lowest BCUT2D eigenvalue weighted by Crippen LogP contribution is -2.26. The van der Waals surface area contributed by atoms with E-state index in [-0.39, 0.29) is 6.54 Å². The average Bonchev–Trinajstić information content (AvgIpc) is 2.77. The zero-order valence-electron chi connectivity index (χ0n) is 9.67. The van der Waals surface area contributed by atoms with Crippen molar-refractivity contribution >= 4 is 49.9 Å². The summed E-state index contributed by atoms with van der Waals surface area (Å²) in [5.74, 6) is -3.64. The highest BCUT2D eigenvalue weighted by molar-refractivity contribution is 9.11. The van der Waals surface area contributed by atoms with Crippen LogP contribution in [0.3, 0.4) is 0 Å². The molecule has 0 atom stereocenters. The van der Waals surface area contributed by atoms with Gasteiger partial charge in [-0.15, -0.1) is 11.3 Å². The first kappa shape index (κ1) is 15.3. The Labute approximate surface area is 129 Å². The lowest BCUT2D eigenvalue weighted by atomic mass is 10.2. The van der Waals surface area contributed by atoms with Crippen LogP contribution in [-0.2, 0) is 6.54 Å². The van der Waals surface area contributed by atoms with Crippen LogP contribution in [0.15, 0.2) is 28.1 Å². The van der Waals surface area contributed by atoms with Crippen LogP contribution in [0, 0.1) is 17.5 Å². The van der Waals surface area contributed by atoms with Crippen molar-refractivity contribution in [2.24, 2.45) is 0 Å². The standard InChI is InChI=1S/C12H6BrClF3NOS/c13-11-2-1-6(20-11)5-18(12(14)19)10-4-8(16)7(15)3-9(10)17/h1-4H,5H2. The molecule has 8 heteroatoms. The molecular formula is C12H6BrClF3NOS. The van der Waals surface area contributed by atoms with E-state index in [2.05, 4.69) is 15.9 Å². The smallest absolute Gasteiger partial charge is 0.291 e. The minimum absolute atomic E-state index is 0.0411. The van der Waals surface area contributed by atoms with Gasteiger partial charge in [-0.25, -0.2) is 13.2 Å². The summed E-state index contributed by atoms with van der Waals surface area (Å²) in [6.45, 7) is -0.0411. The number of carbonyl (C=O) groups is 1. The van der Waals surface area contributed by atoms with Crippen molar-refractivity contribution in [3.8, 4) is 0 Å². The molecule has 2 rings (SSSR count). The Morgan fingerprint density at radius 3 is 2.40 bits per heavy atom. The van der Waals surface area contributed by atoms with Gasteiger partial charge in [0.1, 0.15) is 5.82 Å². The first-order valence-electron chi connectivity index (χ1n) is 5.24. The van der Waals surface area contributed by atoms with Gasteiger partial charge in [-0.3, -0.25) is 9.69 Å². The SMILES string of the molecule is O=C(Cl)N(Cc1ccc(Br)s1)c1cc(F)c(F)cc1F. The number of thiophene rings is 1. The van der Waals surface area contributed by atoms with Gasteiger partial charge >= 0.3 is 5.37 Å². The number of hydrogen-bond acceptors (Lipinski definition) is 2. The second-order valence-corrected chi connectivity index (χ2v) is 6.63. The second kappa shape index (κ2) is 6.15. The fourth-order valence-electron chi connectivity index (χ4n) is 1.55.